The van der Waals surface area contributed by atoms with Crippen LogP contribution < -0.4 is 22.9 Å². The second kappa shape index (κ2) is 10.6. The molecule has 0 aromatic heterocycles. The summed E-state index contributed by atoms with van der Waals surface area (Å²) in [5.74, 6) is 0. The van der Waals surface area contributed by atoms with Crippen molar-refractivity contribution in [1.29, 1.82) is 0 Å². The molecule has 3 rings (SSSR count). The molecule has 0 spiro atoms. The summed E-state index contributed by atoms with van der Waals surface area (Å²) in [5.41, 5.74) is 24.0. The maximum Gasteiger partial charge on any atom is 0.187 e. The summed E-state index contributed by atoms with van der Waals surface area (Å²) in [7, 11) is 0. The van der Waals surface area contributed by atoms with E-state index in [1.165, 1.54) is 6.92 Å². The molecule has 14 nitrogen and oxygen atoms in total. The van der Waals surface area contributed by atoms with Gasteiger partial charge in [0.1, 0.15) is 48.8 Å². The van der Waals surface area contributed by atoms with Gasteiger partial charge in [0, 0.05) is 18.1 Å². The molecule has 0 amide bonds. The Hall–Kier alpha value is -0.560. The van der Waals surface area contributed by atoms with E-state index in [-0.39, 0.29) is 6.42 Å². The second-order valence-corrected chi connectivity index (χ2v) is 9.33. The molecular formula is C19H38N4O10. The van der Waals surface area contributed by atoms with Gasteiger partial charge in [-0.1, -0.05) is 0 Å². The zero-order valence-corrected chi connectivity index (χ0v) is 18.6. The quantitative estimate of drug-likeness (QED) is 0.169. The minimum absolute atomic E-state index is 0.137. The summed E-state index contributed by atoms with van der Waals surface area (Å²) in [6.45, 7) is 2.96. The van der Waals surface area contributed by atoms with Gasteiger partial charge in [0.05, 0.1) is 18.2 Å². The summed E-state index contributed by atoms with van der Waals surface area (Å²) >= 11 is 0. The smallest absolute Gasteiger partial charge is 0.187 e. The molecule has 1 saturated carbocycles. The van der Waals surface area contributed by atoms with E-state index < -0.39 is 97.8 Å². The van der Waals surface area contributed by atoms with Crippen molar-refractivity contribution in [3.05, 3.63) is 0 Å². The summed E-state index contributed by atoms with van der Waals surface area (Å²) in [5, 5.41) is 61.6. The maximum absolute atomic E-state index is 10.7. The highest BCUT2D eigenvalue weighted by Crippen LogP contribution is 2.32. The molecule has 2 saturated heterocycles. The van der Waals surface area contributed by atoms with Crippen molar-refractivity contribution >= 4 is 0 Å². The lowest BCUT2D eigenvalue weighted by Gasteiger charge is -2.47. The van der Waals surface area contributed by atoms with E-state index in [9.17, 15) is 30.6 Å². The summed E-state index contributed by atoms with van der Waals surface area (Å²) in [4.78, 5) is 0. The highest BCUT2D eigenvalue weighted by Gasteiger charge is 2.52. The first-order valence-electron chi connectivity index (χ1n) is 11.1. The lowest BCUT2D eigenvalue weighted by Crippen LogP contribution is -2.68. The van der Waals surface area contributed by atoms with Crippen LogP contribution in [0.1, 0.15) is 20.3 Å². The van der Waals surface area contributed by atoms with Crippen LogP contribution in [0, 0.1) is 0 Å². The molecule has 2 heterocycles. The molecule has 14 N–H and O–H groups in total. The Morgan fingerprint density at radius 1 is 0.727 bits per heavy atom. The monoisotopic (exact) mass is 482 g/mol. The second-order valence-electron chi connectivity index (χ2n) is 9.33. The molecule has 14 heteroatoms. The Kier molecular flexibility index (Phi) is 8.68. The van der Waals surface area contributed by atoms with E-state index >= 15 is 0 Å². The highest BCUT2D eigenvalue weighted by atomic mass is 16.7. The van der Waals surface area contributed by atoms with Crippen molar-refractivity contribution in [2.75, 3.05) is 0 Å². The van der Waals surface area contributed by atoms with Gasteiger partial charge in [-0.25, -0.2) is 0 Å². The average Bonchev–Trinajstić information content (AvgIpc) is 3.02. The fourth-order valence-corrected chi connectivity index (χ4v) is 4.57. The molecule has 0 aromatic rings. The van der Waals surface area contributed by atoms with Crippen LogP contribution >= 0.6 is 0 Å². The van der Waals surface area contributed by atoms with Crippen molar-refractivity contribution in [3.8, 4) is 0 Å². The lowest BCUT2D eigenvalue weighted by molar-refractivity contribution is -0.315. The minimum atomic E-state index is -1.48. The Balaban J connectivity index is 1.80. The van der Waals surface area contributed by atoms with Crippen LogP contribution in [0.5, 0.6) is 0 Å². The Bertz CT molecular complexity index is 648. The van der Waals surface area contributed by atoms with Crippen molar-refractivity contribution < 1.29 is 49.6 Å². The number of hydrogen-bond donors (Lipinski definition) is 10. The van der Waals surface area contributed by atoms with E-state index in [1.807, 2.05) is 0 Å². The molecule has 2 aliphatic heterocycles. The molecule has 0 radical (unpaired) electrons. The topological polar surface area (TPSA) is 262 Å². The van der Waals surface area contributed by atoms with Crippen molar-refractivity contribution in [2.45, 2.75) is 118 Å². The van der Waals surface area contributed by atoms with Crippen LogP contribution in [0.25, 0.3) is 0 Å². The van der Waals surface area contributed by atoms with Gasteiger partial charge in [-0.2, -0.15) is 0 Å². The molecule has 194 valence electrons. The van der Waals surface area contributed by atoms with Gasteiger partial charge in [0.15, 0.2) is 12.6 Å². The standard InChI is InChI=1S/C19H38N4O10/c1-4(20)14-12(28)13(29)19(30-14)33-17-9(25)6(21)3-7(22)16(17)32-18-8(23)10(26)11(27)15(31-18)5(2)24/h4-19,24-29H,3,20-23H2,1-2H3/t4-,5-,6-,7?,8?,9?,10-,11+,12-,13?,14-,15?,16-,17-,18-,19+/m1/s1. The van der Waals surface area contributed by atoms with Gasteiger partial charge in [-0.05, 0) is 20.3 Å². The summed E-state index contributed by atoms with van der Waals surface area (Å²) < 4.78 is 22.9. The summed E-state index contributed by atoms with van der Waals surface area (Å²) in [6, 6.07) is -3.41. The van der Waals surface area contributed by atoms with Crippen LogP contribution in [0.4, 0.5) is 0 Å². The van der Waals surface area contributed by atoms with E-state index in [0.29, 0.717) is 0 Å². The normalized spacial score (nSPS) is 53.1. The third-order valence-corrected chi connectivity index (χ3v) is 6.58. The first-order valence-corrected chi connectivity index (χ1v) is 11.1. The zero-order valence-electron chi connectivity index (χ0n) is 18.6. The maximum atomic E-state index is 10.7. The largest absolute Gasteiger partial charge is 0.391 e. The van der Waals surface area contributed by atoms with Crippen molar-refractivity contribution in [3.63, 3.8) is 0 Å². The molecule has 33 heavy (non-hydrogen) atoms. The third kappa shape index (κ3) is 5.34. The number of ether oxygens (including phenoxy) is 4. The molecule has 1 aliphatic carbocycles. The number of hydrogen-bond acceptors (Lipinski definition) is 14. The first-order chi connectivity index (χ1) is 15.3. The number of rotatable bonds is 6. The Morgan fingerprint density at radius 3 is 1.82 bits per heavy atom. The predicted molar refractivity (Wildman–Crippen MR) is 111 cm³/mol. The van der Waals surface area contributed by atoms with E-state index in [2.05, 4.69) is 0 Å². The van der Waals surface area contributed by atoms with Crippen molar-refractivity contribution in [1.82, 2.24) is 0 Å². The molecule has 16 atom stereocenters. The molecule has 3 fully saturated rings. The van der Waals surface area contributed by atoms with E-state index in [1.54, 1.807) is 6.92 Å². The van der Waals surface area contributed by atoms with Gasteiger partial charge in [-0.15, -0.1) is 0 Å². The van der Waals surface area contributed by atoms with E-state index in [0.717, 1.165) is 0 Å². The van der Waals surface area contributed by atoms with Crippen LogP contribution in [-0.4, -0.2) is 128 Å². The van der Waals surface area contributed by atoms with Gasteiger partial charge < -0.3 is 72.5 Å². The fourth-order valence-electron chi connectivity index (χ4n) is 4.57. The molecule has 0 aromatic carbocycles. The SMILES string of the molecule is C[C@@H](O)C1O[C@H](O[C@@H]2C(N)C[C@@H](N)C(O)[C@H]2O[C@@H]2O[C@H]([C@@H](C)N)[C@H](O)C2O)C(N)[C@@H](O)[C@@H]1O. The molecule has 5 unspecified atom stereocenters. The first kappa shape index (κ1) is 27.0. The van der Waals surface area contributed by atoms with E-state index in [4.69, 9.17) is 41.9 Å². The lowest BCUT2D eigenvalue weighted by atomic mass is 9.84. The number of nitrogens with two attached hydrogens (primary N) is 4. The predicted octanol–water partition coefficient (Wildman–Crippen LogP) is -5.88. The van der Waals surface area contributed by atoms with Gasteiger partial charge >= 0.3 is 0 Å². The van der Waals surface area contributed by atoms with Gasteiger partial charge in [-0.3, -0.25) is 0 Å². The van der Waals surface area contributed by atoms with Crippen LogP contribution in [0.2, 0.25) is 0 Å². The van der Waals surface area contributed by atoms with Crippen LogP contribution in [0.3, 0.4) is 0 Å². The highest BCUT2D eigenvalue weighted by molar-refractivity contribution is 5.02. The molecular weight excluding hydrogens is 444 g/mol. The number of aliphatic hydroxyl groups excluding tert-OH is 6. The summed E-state index contributed by atoms with van der Waals surface area (Å²) in [6.07, 6.45) is -15.2. The van der Waals surface area contributed by atoms with Crippen LogP contribution in [-0.2, 0) is 18.9 Å². The zero-order chi connectivity index (χ0) is 24.8. The van der Waals surface area contributed by atoms with Gasteiger partial charge in [0.2, 0.25) is 0 Å². The Morgan fingerprint density at radius 2 is 1.27 bits per heavy atom. The van der Waals surface area contributed by atoms with Gasteiger partial charge in [0.25, 0.3) is 0 Å². The Labute approximate surface area is 191 Å². The molecule has 3 aliphatic rings. The van der Waals surface area contributed by atoms with Crippen LogP contribution in [0.15, 0.2) is 0 Å². The van der Waals surface area contributed by atoms with Crippen molar-refractivity contribution in [2.24, 2.45) is 22.9 Å². The molecule has 0 bridgehead atoms. The minimum Gasteiger partial charge on any atom is -0.391 e. The fraction of sp³-hybridized carbons (Fsp3) is 1.00. The third-order valence-electron chi connectivity index (χ3n) is 6.58. The number of aliphatic hydroxyl groups is 6. The average molecular weight is 483 g/mol.